The molecule has 4 heteroatoms. The van der Waals surface area contributed by atoms with Crippen molar-refractivity contribution in [1.29, 1.82) is 0 Å². The molecule has 0 bridgehead atoms. The van der Waals surface area contributed by atoms with Crippen LogP contribution in [0.5, 0.6) is 5.75 Å². The van der Waals surface area contributed by atoms with Crippen molar-refractivity contribution in [3.63, 3.8) is 0 Å². The first-order chi connectivity index (χ1) is 4.86. The van der Waals surface area contributed by atoms with Crippen LogP contribution >= 0.6 is 12.4 Å². The van der Waals surface area contributed by atoms with E-state index in [1.165, 1.54) is 12.6 Å². The Morgan fingerprint density at radius 2 is 2.18 bits per heavy atom. The number of hydrogen-bond donors (Lipinski definition) is 1. The molecule has 0 aliphatic heterocycles. The molecule has 0 heterocycles. The number of ether oxygens (including phenoxy) is 1. The Bertz CT molecular complexity index is 200. The minimum absolute atomic E-state index is 0. The number of rotatable bonds is 2. The highest BCUT2D eigenvalue weighted by molar-refractivity contribution is 5.85. The van der Waals surface area contributed by atoms with Gasteiger partial charge in [-0.15, -0.1) is 16.9 Å². The molecule has 0 aliphatic carbocycles. The third kappa shape index (κ3) is 2.63. The Labute approximate surface area is 70.7 Å². The van der Waals surface area contributed by atoms with Crippen LogP contribution < -0.4 is 10.3 Å². The van der Waals surface area contributed by atoms with Crippen LogP contribution in [-0.2, 0) is 0 Å². The van der Waals surface area contributed by atoms with Crippen LogP contribution in [0.3, 0.4) is 0 Å². The van der Waals surface area contributed by atoms with Gasteiger partial charge in [0, 0.05) is 6.07 Å². The highest BCUT2D eigenvalue weighted by Gasteiger charge is 1.91. The van der Waals surface area contributed by atoms with Gasteiger partial charge in [-0.2, -0.15) is 0 Å². The Morgan fingerprint density at radius 3 is 2.73 bits per heavy atom. The maximum Gasteiger partial charge on any atom is 0.121 e. The molecule has 11 heavy (non-hydrogen) atoms. The van der Waals surface area contributed by atoms with E-state index >= 15 is 0 Å². The SMILES string of the molecule is COc1cccc(NF)c1.Cl. The molecule has 0 atom stereocenters. The van der Waals surface area contributed by atoms with Gasteiger partial charge in [-0.3, -0.25) is 0 Å². The van der Waals surface area contributed by atoms with Crippen LogP contribution in [0.1, 0.15) is 0 Å². The Morgan fingerprint density at radius 1 is 1.45 bits per heavy atom. The average molecular weight is 178 g/mol. The van der Waals surface area contributed by atoms with Crippen molar-refractivity contribution in [2.75, 3.05) is 12.6 Å². The minimum atomic E-state index is 0. The third-order valence-corrected chi connectivity index (χ3v) is 1.18. The second kappa shape index (κ2) is 4.79. The van der Waals surface area contributed by atoms with Crippen molar-refractivity contribution in [1.82, 2.24) is 0 Å². The zero-order valence-electron chi connectivity index (χ0n) is 6.00. The van der Waals surface area contributed by atoms with E-state index in [4.69, 9.17) is 4.74 Å². The predicted octanol–water partition coefficient (Wildman–Crippen LogP) is 2.41. The van der Waals surface area contributed by atoms with Gasteiger partial charge in [-0.1, -0.05) is 6.07 Å². The molecule has 62 valence electrons. The van der Waals surface area contributed by atoms with E-state index in [0.29, 0.717) is 11.4 Å². The number of methoxy groups -OCH3 is 1. The van der Waals surface area contributed by atoms with Crippen molar-refractivity contribution in [3.05, 3.63) is 24.3 Å². The van der Waals surface area contributed by atoms with Crippen molar-refractivity contribution in [3.8, 4) is 5.75 Å². The van der Waals surface area contributed by atoms with Crippen LogP contribution in [-0.4, -0.2) is 7.11 Å². The first-order valence-electron chi connectivity index (χ1n) is 2.87. The first-order valence-corrected chi connectivity index (χ1v) is 2.87. The molecule has 0 radical (unpaired) electrons. The third-order valence-electron chi connectivity index (χ3n) is 1.18. The van der Waals surface area contributed by atoms with Crippen molar-refractivity contribution < 1.29 is 9.22 Å². The summed E-state index contributed by atoms with van der Waals surface area (Å²) in [6.45, 7) is 0. The molecule has 1 N–H and O–H groups in total. The molecule has 0 unspecified atom stereocenters. The summed E-state index contributed by atoms with van der Waals surface area (Å²) in [4.78, 5) is 0. The summed E-state index contributed by atoms with van der Waals surface area (Å²) in [7, 11) is 1.54. The molecule has 0 amide bonds. The lowest BCUT2D eigenvalue weighted by Gasteiger charge is -1.99. The van der Waals surface area contributed by atoms with Gasteiger partial charge in [-0.05, 0) is 12.1 Å². The summed E-state index contributed by atoms with van der Waals surface area (Å²) >= 11 is 0. The zero-order valence-corrected chi connectivity index (χ0v) is 6.82. The summed E-state index contributed by atoms with van der Waals surface area (Å²) < 4.78 is 16.6. The molecule has 2 nitrogen and oxygen atoms in total. The van der Waals surface area contributed by atoms with Crippen molar-refractivity contribution in [2.24, 2.45) is 0 Å². The maximum atomic E-state index is 11.7. The van der Waals surface area contributed by atoms with Crippen LogP contribution in [0.4, 0.5) is 10.2 Å². The van der Waals surface area contributed by atoms with Crippen LogP contribution in [0.15, 0.2) is 24.3 Å². The largest absolute Gasteiger partial charge is 0.497 e. The van der Waals surface area contributed by atoms with E-state index < -0.39 is 0 Å². The first kappa shape index (κ1) is 10.0. The van der Waals surface area contributed by atoms with Gasteiger partial charge in [0.15, 0.2) is 0 Å². The van der Waals surface area contributed by atoms with Gasteiger partial charge in [0.2, 0.25) is 0 Å². The normalized spacial score (nSPS) is 8.18. The zero-order chi connectivity index (χ0) is 7.40. The number of benzene rings is 1. The second-order valence-electron chi connectivity index (χ2n) is 1.83. The Hall–Kier alpha value is -0.960. The average Bonchev–Trinajstić information content (AvgIpc) is 2.05. The number of hydrogen-bond acceptors (Lipinski definition) is 2. The second-order valence-corrected chi connectivity index (χ2v) is 1.83. The molecule has 0 saturated heterocycles. The van der Waals surface area contributed by atoms with Crippen LogP contribution in [0.25, 0.3) is 0 Å². The summed E-state index contributed by atoms with van der Waals surface area (Å²) in [5.74, 6) is 0.641. The lowest BCUT2D eigenvalue weighted by atomic mass is 10.3. The molecular weight excluding hydrogens is 169 g/mol. The van der Waals surface area contributed by atoms with Gasteiger partial charge in [-0.25, -0.2) is 5.54 Å². The highest BCUT2D eigenvalue weighted by atomic mass is 35.5. The number of halogens is 2. The fourth-order valence-electron chi connectivity index (χ4n) is 0.682. The van der Waals surface area contributed by atoms with Gasteiger partial charge in [0.05, 0.1) is 12.8 Å². The van der Waals surface area contributed by atoms with Crippen LogP contribution in [0, 0.1) is 0 Å². The summed E-state index contributed by atoms with van der Waals surface area (Å²) in [6.07, 6.45) is 0. The number of anilines is 1. The van der Waals surface area contributed by atoms with Gasteiger partial charge < -0.3 is 4.74 Å². The summed E-state index contributed by atoms with van der Waals surface area (Å²) in [5, 5.41) is 0. The molecule has 0 fully saturated rings. The fourth-order valence-corrected chi connectivity index (χ4v) is 0.682. The van der Waals surface area contributed by atoms with Gasteiger partial charge >= 0.3 is 0 Å². The van der Waals surface area contributed by atoms with E-state index in [2.05, 4.69) is 0 Å². The van der Waals surface area contributed by atoms with Gasteiger partial charge in [0.25, 0.3) is 0 Å². The maximum absolute atomic E-state index is 11.7. The summed E-state index contributed by atoms with van der Waals surface area (Å²) in [6, 6.07) is 6.64. The van der Waals surface area contributed by atoms with Crippen LogP contribution in [0.2, 0.25) is 0 Å². The monoisotopic (exact) mass is 177 g/mol. The molecule has 0 saturated carbocycles. The molecule has 1 aromatic carbocycles. The quantitative estimate of drug-likeness (QED) is 0.701. The predicted molar refractivity (Wildman–Crippen MR) is 45.0 cm³/mol. The highest BCUT2D eigenvalue weighted by Crippen LogP contribution is 2.16. The molecule has 1 rings (SSSR count). The van der Waals surface area contributed by atoms with E-state index in [1.807, 2.05) is 0 Å². The molecule has 0 aliphatic rings. The molecule has 0 aromatic heterocycles. The van der Waals surface area contributed by atoms with Crippen molar-refractivity contribution >= 4 is 18.1 Å². The molecule has 0 spiro atoms. The lowest BCUT2D eigenvalue weighted by molar-refractivity contribution is 0.414. The minimum Gasteiger partial charge on any atom is -0.497 e. The topological polar surface area (TPSA) is 21.3 Å². The van der Waals surface area contributed by atoms with E-state index in [0.717, 1.165) is 0 Å². The van der Waals surface area contributed by atoms with Crippen molar-refractivity contribution in [2.45, 2.75) is 0 Å². The Balaban J connectivity index is 0.000001000. The molecule has 1 aromatic rings. The van der Waals surface area contributed by atoms with E-state index in [-0.39, 0.29) is 12.4 Å². The van der Waals surface area contributed by atoms with E-state index in [9.17, 15) is 4.48 Å². The standard InChI is InChI=1S/C7H8FNO.ClH/c1-10-7-4-2-3-6(5-7)9-8;/h2-5,9H,1H3;1H. The fraction of sp³-hybridized carbons (Fsp3) is 0.143. The van der Waals surface area contributed by atoms with Gasteiger partial charge in [0.1, 0.15) is 5.75 Å². The van der Waals surface area contributed by atoms with E-state index in [1.54, 1.807) is 24.3 Å². The Kier molecular flexibility index (Phi) is 4.38. The summed E-state index contributed by atoms with van der Waals surface area (Å²) in [5.41, 5.74) is 1.92. The lowest BCUT2D eigenvalue weighted by Crippen LogP contribution is -1.84. The molecular formula is C7H9ClFNO. The smallest absolute Gasteiger partial charge is 0.121 e. The number of nitrogens with one attached hydrogen (secondary N) is 1.